The maximum atomic E-state index is 13.1. The highest BCUT2D eigenvalue weighted by Gasteiger charge is 2.31. The molecular weight excluding hydrogens is 306 g/mol. The number of piperidine rings is 1. The number of hydrogen-bond donors (Lipinski definition) is 1. The van der Waals surface area contributed by atoms with Crippen molar-refractivity contribution < 1.29 is 9.21 Å². The van der Waals surface area contributed by atoms with Gasteiger partial charge in [0.1, 0.15) is 17.8 Å². The Morgan fingerprint density at radius 3 is 3.04 bits per heavy atom. The molecule has 0 spiro atoms. The minimum Gasteiger partial charge on any atom is -0.464 e. The first kappa shape index (κ1) is 14.7. The van der Waals surface area contributed by atoms with Crippen molar-refractivity contribution in [3.8, 4) is 0 Å². The highest BCUT2D eigenvalue weighted by molar-refractivity contribution is 5.96. The van der Waals surface area contributed by atoms with Gasteiger partial charge < -0.3 is 15.1 Å². The van der Waals surface area contributed by atoms with Crippen molar-refractivity contribution in [1.29, 1.82) is 0 Å². The van der Waals surface area contributed by atoms with Gasteiger partial charge in [-0.15, -0.1) is 0 Å². The number of furan rings is 1. The second-order valence-electron chi connectivity index (χ2n) is 6.17. The van der Waals surface area contributed by atoms with E-state index >= 15 is 0 Å². The van der Waals surface area contributed by atoms with Crippen LogP contribution in [0.4, 0.5) is 5.69 Å². The molecule has 1 aliphatic heterocycles. The summed E-state index contributed by atoms with van der Waals surface area (Å²) in [6.45, 7) is 2.62. The summed E-state index contributed by atoms with van der Waals surface area (Å²) in [5, 5.41) is 4.08. The van der Waals surface area contributed by atoms with Crippen LogP contribution in [-0.2, 0) is 0 Å². The Morgan fingerprint density at radius 2 is 2.25 bits per heavy atom. The summed E-state index contributed by atoms with van der Waals surface area (Å²) < 4.78 is 7.31. The lowest BCUT2D eigenvalue weighted by Gasteiger charge is -2.34. The van der Waals surface area contributed by atoms with E-state index in [1.807, 2.05) is 24.0 Å². The monoisotopic (exact) mass is 325 g/mol. The Hall–Kier alpha value is -2.83. The largest absolute Gasteiger partial charge is 0.464 e. The zero-order valence-electron chi connectivity index (χ0n) is 13.5. The van der Waals surface area contributed by atoms with E-state index in [1.54, 1.807) is 16.8 Å². The van der Waals surface area contributed by atoms with Crippen molar-refractivity contribution in [3.63, 3.8) is 0 Å². The molecule has 7 heteroatoms. The number of anilines is 1. The Labute approximate surface area is 139 Å². The maximum Gasteiger partial charge on any atom is 0.256 e. The first-order chi connectivity index (χ1) is 11.6. The quantitative estimate of drug-likeness (QED) is 0.782. The van der Waals surface area contributed by atoms with Gasteiger partial charge in [0.05, 0.1) is 17.3 Å². The number of carbonyl (C=O) groups is 1. The van der Waals surface area contributed by atoms with E-state index in [0.717, 1.165) is 30.8 Å². The lowest BCUT2D eigenvalue weighted by atomic mass is 9.99. The summed E-state index contributed by atoms with van der Waals surface area (Å²) >= 11 is 0. The number of aryl methyl sites for hydroxylation is 1. The van der Waals surface area contributed by atoms with Crippen LogP contribution in [0.3, 0.4) is 0 Å². The van der Waals surface area contributed by atoms with E-state index in [2.05, 4.69) is 10.1 Å². The number of aromatic nitrogens is 3. The van der Waals surface area contributed by atoms with Gasteiger partial charge in [-0.2, -0.15) is 5.10 Å². The fourth-order valence-electron chi connectivity index (χ4n) is 3.34. The smallest absolute Gasteiger partial charge is 0.256 e. The molecule has 7 nitrogen and oxygen atoms in total. The molecule has 24 heavy (non-hydrogen) atoms. The fourth-order valence-corrected chi connectivity index (χ4v) is 3.34. The number of rotatable bonds is 2. The van der Waals surface area contributed by atoms with E-state index in [1.165, 1.54) is 6.33 Å². The van der Waals surface area contributed by atoms with Gasteiger partial charge >= 0.3 is 0 Å². The predicted molar refractivity (Wildman–Crippen MR) is 88.5 cm³/mol. The van der Waals surface area contributed by atoms with Gasteiger partial charge in [-0.25, -0.2) is 9.50 Å². The van der Waals surface area contributed by atoms with Crippen LogP contribution >= 0.6 is 0 Å². The van der Waals surface area contributed by atoms with Gasteiger partial charge in [0, 0.05) is 12.7 Å². The molecule has 1 amide bonds. The normalized spacial score (nSPS) is 18.2. The number of pyridine rings is 1. The lowest BCUT2D eigenvalue weighted by Crippen LogP contribution is -2.38. The molecule has 1 atom stereocenters. The summed E-state index contributed by atoms with van der Waals surface area (Å²) in [5.41, 5.74) is 7.52. The molecule has 0 aliphatic carbocycles. The Balaban J connectivity index is 1.70. The number of nitrogens with zero attached hydrogens (tertiary/aromatic N) is 4. The van der Waals surface area contributed by atoms with E-state index in [4.69, 9.17) is 10.2 Å². The third-order valence-electron chi connectivity index (χ3n) is 4.50. The number of hydrogen-bond acceptors (Lipinski definition) is 5. The average Bonchev–Trinajstić information content (AvgIpc) is 3.23. The van der Waals surface area contributed by atoms with Crippen LogP contribution in [0.5, 0.6) is 0 Å². The molecule has 1 saturated heterocycles. The van der Waals surface area contributed by atoms with Crippen molar-refractivity contribution >= 4 is 17.2 Å². The Bertz CT molecular complexity index is 897. The number of fused-ring (bicyclic) bond motifs is 1. The predicted octanol–water partition coefficient (Wildman–Crippen LogP) is 2.58. The van der Waals surface area contributed by atoms with E-state index in [-0.39, 0.29) is 11.9 Å². The molecule has 4 heterocycles. The van der Waals surface area contributed by atoms with Crippen molar-refractivity contribution in [2.75, 3.05) is 12.3 Å². The molecule has 1 fully saturated rings. The van der Waals surface area contributed by atoms with E-state index in [9.17, 15) is 4.79 Å². The van der Waals surface area contributed by atoms with Crippen LogP contribution < -0.4 is 5.73 Å². The van der Waals surface area contributed by atoms with Crippen LogP contribution in [0.15, 0.2) is 35.1 Å². The molecule has 3 aromatic heterocycles. The number of likely N-dealkylation sites (tertiary alicyclic amines) is 1. The third-order valence-corrected chi connectivity index (χ3v) is 4.50. The molecule has 4 rings (SSSR count). The molecule has 0 saturated carbocycles. The summed E-state index contributed by atoms with van der Waals surface area (Å²) in [7, 11) is 0. The van der Waals surface area contributed by atoms with Gasteiger partial charge in [-0.1, -0.05) is 0 Å². The fraction of sp³-hybridized carbons (Fsp3) is 0.353. The average molecular weight is 325 g/mol. The van der Waals surface area contributed by atoms with Gasteiger partial charge in [0.25, 0.3) is 5.91 Å². The van der Waals surface area contributed by atoms with Crippen LogP contribution in [-0.4, -0.2) is 31.9 Å². The van der Waals surface area contributed by atoms with Gasteiger partial charge in [-0.05, 0) is 44.4 Å². The van der Waals surface area contributed by atoms with E-state index in [0.29, 0.717) is 23.4 Å². The van der Waals surface area contributed by atoms with Gasteiger partial charge in [-0.3, -0.25) is 4.79 Å². The molecule has 1 aliphatic rings. The first-order valence-corrected chi connectivity index (χ1v) is 8.09. The lowest BCUT2D eigenvalue weighted by molar-refractivity contribution is 0.0578. The molecule has 0 aromatic carbocycles. The number of nitrogens with two attached hydrogens (primary N) is 1. The maximum absolute atomic E-state index is 13.1. The Morgan fingerprint density at radius 1 is 1.38 bits per heavy atom. The first-order valence-electron chi connectivity index (χ1n) is 8.09. The Kier molecular flexibility index (Phi) is 3.48. The molecule has 124 valence electrons. The molecular formula is C17H19N5O2. The number of nitrogen functional groups attached to an aromatic ring is 1. The zero-order valence-corrected chi connectivity index (χ0v) is 13.5. The SMILES string of the molecule is Cc1ccc(C2CCCCN2C(=O)c2cc(N)c3ncnn3c2)o1. The van der Waals surface area contributed by atoms with E-state index < -0.39 is 0 Å². The van der Waals surface area contributed by atoms with Crippen LogP contribution in [0, 0.1) is 6.92 Å². The summed E-state index contributed by atoms with van der Waals surface area (Å²) in [6, 6.07) is 5.53. The minimum absolute atomic E-state index is 0.0346. The summed E-state index contributed by atoms with van der Waals surface area (Å²) in [6.07, 6.45) is 6.08. The third kappa shape index (κ3) is 2.42. The minimum atomic E-state index is -0.0575. The topological polar surface area (TPSA) is 89.7 Å². The molecule has 2 N–H and O–H groups in total. The van der Waals surface area contributed by atoms with Crippen molar-refractivity contribution in [2.45, 2.75) is 32.2 Å². The molecule has 0 radical (unpaired) electrons. The molecule has 3 aromatic rings. The van der Waals surface area contributed by atoms with Gasteiger partial charge in [0.15, 0.2) is 5.65 Å². The van der Waals surface area contributed by atoms with Crippen molar-refractivity contribution in [3.05, 3.63) is 47.8 Å². The molecule has 1 unspecified atom stereocenters. The number of carbonyl (C=O) groups excluding carboxylic acids is 1. The van der Waals surface area contributed by atoms with Crippen LogP contribution in [0.2, 0.25) is 0 Å². The van der Waals surface area contributed by atoms with Crippen molar-refractivity contribution in [2.24, 2.45) is 0 Å². The highest BCUT2D eigenvalue weighted by atomic mass is 16.3. The van der Waals surface area contributed by atoms with Crippen LogP contribution in [0.1, 0.15) is 47.2 Å². The summed E-state index contributed by atoms with van der Waals surface area (Å²) in [4.78, 5) is 19.0. The van der Waals surface area contributed by atoms with Crippen molar-refractivity contribution in [1.82, 2.24) is 19.5 Å². The van der Waals surface area contributed by atoms with Crippen LogP contribution in [0.25, 0.3) is 5.65 Å². The second-order valence-corrected chi connectivity index (χ2v) is 6.17. The standard InChI is InChI=1S/C17H19N5O2/c1-11-5-6-15(24-11)14-4-2-3-7-21(14)17(23)12-8-13(18)16-19-10-20-22(16)9-12/h5-6,8-10,14H,2-4,7,18H2,1H3. The number of amides is 1. The zero-order chi connectivity index (χ0) is 16.7. The van der Waals surface area contributed by atoms with Gasteiger partial charge in [0.2, 0.25) is 0 Å². The highest BCUT2D eigenvalue weighted by Crippen LogP contribution is 2.33. The second kappa shape index (κ2) is 5.67. The summed E-state index contributed by atoms with van der Waals surface area (Å²) in [5.74, 6) is 1.64. The molecule has 0 bridgehead atoms.